The van der Waals surface area contributed by atoms with Crippen molar-refractivity contribution < 1.29 is 17.0 Å². The van der Waals surface area contributed by atoms with Gasteiger partial charge in [0.05, 0.1) is 0 Å². The molecule has 1 aliphatic heterocycles. The molecule has 0 saturated heterocycles. The average molecular weight is 249 g/mol. The summed E-state index contributed by atoms with van der Waals surface area (Å²) in [6.45, 7) is -0.284. The Morgan fingerprint density at radius 3 is 2.80 bits per heavy atom. The molecule has 0 spiro atoms. The molecular formula is C9H6ClFO3S. The summed E-state index contributed by atoms with van der Waals surface area (Å²) < 4.78 is 39.0. The monoisotopic (exact) mass is 248 g/mol. The summed E-state index contributed by atoms with van der Waals surface area (Å²) in [6, 6.07) is 4.74. The zero-order valence-electron chi connectivity index (χ0n) is 7.41. The van der Waals surface area contributed by atoms with Gasteiger partial charge in [0.2, 0.25) is 0 Å². The van der Waals surface area contributed by atoms with Crippen molar-refractivity contribution >= 4 is 27.9 Å². The Morgan fingerprint density at radius 1 is 1.40 bits per heavy atom. The summed E-state index contributed by atoms with van der Waals surface area (Å²) in [5.74, 6) is 0.492. The number of hydrogen-bond acceptors (Lipinski definition) is 3. The third-order valence-electron chi connectivity index (χ3n) is 1.97. The second kappa shape index (κ2) is 3.50. The minimum atomic E-state index is -4.69. The van der Waals surface area contributed by atoms with Crippen LogP contribution in [-0.2, 0) is 10.2 Å². The summed E-state index contributed by atoms with van der Waals surface area (Å²) in [4.78, 5) is -0.391. The van der Waals surface area contributed by atoms with Gasteiger partial charge in [0.25, 0.3) is 0 Å². The summed E-state index contributed by atoms with van der Waals surface area (Å²) >= 11 is 5.71. The van der Waals surface area contributed by atoms with Gasteiger partial charge in [0.1, 0.15) is 17.3 Å². The Kier molecular flexibility index (Phi) is 2.44. The van der Waals surface area contributed by atoms with Crippen LogP contribution < -0.4 is 4.74 Å². The SMILES string of the molecule is O=S(=O)(F)C1=Cc2cc(Cl)ccc2OC1. The van der Waals surface area contributed by atoms with Gasteiger partial charge in [-0.25, -0.2) is 0 Å². The lowest BCUT2D eigenvalue weighted by molar-refractivity contribution is 0.352. The average Bonchev–Trinajstić information content (AvgIpc) is 2.15. The largest absolute Gasteiger partial charge is 0.487 e. The highest BCUT2D eigenvalue weighted by molar-refractivity contribution is 7.90. The van der Waals surface area contributed by atoms with Crippen LogP contribution in [-0.4, -0.2) is 15.0 Å². The van der Waals surface area contributed by atoms with E-state index in [9.17, 15) is 12.3 Å². The first-order valence-corrected chi connectivity index (χ1v) is 5.80. The zero-order chi connectivity index (χ0) is 11.1. The molecular weight excluding hydrogens is 243 g/mol. The quantitative estimate of drug-likeness (QED) is 0.717. The molecule has 0 aromatic heterocycles. The van der Waals surface area contributed by atoms with E-state index in [-0.39, 0.29) is 6.61 Å². The van der Waals surface area contributed by atoms with Crippen molar-refractivity contribution in [2.24, 2.45) is 0 Å². The summed E-state index contributed by atoms with van der Waals surface area (Å²) in [6.07, 6.45) is 1.22. The van der Waals surface area contributed by atoms with Crippen LogP contribution >= 0.6 is 11.6 Å². The molecule has 0 fully saturated rings. The molecule has 3 nitrogen and oxygen atoms in total. The smallest absolute Gasteiger partial charge is 0.331 e. The molecule has 0 aliphatic carbocycles. The topological polar surface area (TPSA) is 43.4 Å². The third kappa shape index (κ3) is 2.13. The zero-order valence-corrected chi connectivity index (χ0v) is 8.98. The first-order valence-electron chi connectivity index (χ1n) is 4.04. The minimum absolute atomic E-state index is 0.284. The lowest BCUT2D eigenvalue weighted by atomic mass is 10.1. The van der Waals surface area contributed by atoms with Gasteiger partial charge in [-0.1, -0.05) is 11.6 Å². The maximum absolute atomic E-state index is 12.7. The van der Waals surface area contributed by atoms with Crippen molar-refractivity contribution in [2.75, 3.05) is 6.61 Å². The fourth-order valence-electron chi connectivity index (χ4n) is 1.27. The fourth-order valence-corrected chi connectivity index (χ4v) is 1.92. The van der Waals surface area contributed by atoms with Gasteiger partial charge in [-0.05, 0) is 24.3 Å². The molecule has 0 atom stereocenters. The Bertz CT molecular complexity index is 536. The first-order chi connectivity index (χ1) is 6.97. The maximum Gasteiger partial charge on any atom is 0.331 e. The summed E-state index contributed by atoms with van der Waals surface area (Å²) in [5, 5.41) is 0.436. The van der Waals surface area contributed by atoms with E-state index in [1.54, 1.807) is 12.1 Å². The fraction of sp³-hybridized carbons (Fsp3) is 0.111. The van der Waals surface area contributed by atoms with Crippen LogP contribution in [0, 0.1) is 0 Å². The number of hydrogen-bond donors (Lipinski definition) is 0. The lowest BCUT2D eigenvalue weighted by Gasteiger charge is -2.15. The maximum atomic E-state index is 12.7. The van der Waals surface area contributed by atoms with Gasteiger partial charge in [-0.3, -0.25) is 0 Å². The van der Waals surface area contributed by atoms with E-state index < -0.39 is 15.1 Å². The highest BCUT2D eigenvalue weighted by atomic mass is 35.5. The van der Waals surface area contributed by atoms with Crippen LogP contribution in [0.1, 0.15) is 5.56 Å². The molecule has 1 aliphatic rings. The van der Waals surface area contributed by atoms with Gasteiger partial charge in [0, 0.05) is 10.6 Å². The van der Waals surface area contributed by atoms with E-state index in [1.165, 1.54) is 12.1 Å². The Balaban J connectivity index is 2.54. The lowest BCUT2D eigenvalue weighted by Crippen LogP contribution is -2.12. The van der Waals surface area contributed by atoms with Gasteiger partial charge < -0.3 is 4.74 Å². The predicted molar refractivity (Wildman–Crippen MR) is 55.0 cm³/mol. The molecule has 0 saturated carbocycles. The van der Waals surface area contributed by atoms with Crippen molar-refractivity contribution in [2.45, 2.75) is 0 Å². The summed E-state index contributed by atoms with van der Waals surface area (Å²) in [5.41, 5.74) is 0.463. The second-order valence-corrected chi connectivity index (χ2v) is 4.86. The van der Waals surface area contributed by atoms with Crippen molar-refractivity contribution in [3.8, 4) is 5.75 Å². The first kappa shape index (κ1) is 10.4. The van der Waals surface area contributed by atoms with Gasteiger partial charge >= 0.3 is 10.2 Å². The molecule has 0 amide bonds. The van der Waals surface area contributed by atoms with E-state index in [4.69, 9.17) is 16.3 Å². The van der Waals surface area contributed by atoms with Crippen molar-refractivity contribution in [1.82, 2.24) is 0 Å². The van der Waals surface area contributed by atoms with Gasteiger partial charge in [0.15, 0.2) is 0 Å². The highest BCUT2D eigenvalue weighted by Gasteiger charge is 2.21. The predicted octanol–water partition coefficient (Wildman–Crippen LogP) is 2.37. The van der Waals surface area contributed by atoms with Crippen LogP contribution in [0.2, 0.25) is 5.02 Å². The molecule has 6 heteroatoms. The van der Waals surface area contributed by atoms with Crippen molar-refractivity contribution in [1.29, 1.82) is 0 Å². The normalized spacial score (nSPS) is 15.2. The van der Waals surface area contributed by atoms with Crippen molar-refractivity contribution in [3.05, 3.63) is 33.7 Å². The number of benzene rings is 1. The van der Waals surface area contributed by atoms with Crippen molar-refractivity contribution in [3.63, 3.8) is 0 Å². The summed E-state index contributed by atoms with van der Waals surface area (Å²) in [7, 11) is -4.69. The van der Waals surface area contributed by atoms with Crippen LogP contribution in [0.4, 0.5) is 3.89 Å². The number of ether oxygens (including phenoxy) is 1. The van der Waals surface area contributed by atoms with E-state index >= 15 is 0 Å². The highest BCUT2D eigenvalue weighted by Crippen LogP contribution is 2.30. The Morgan fingerprint density at radius 2 is 2.13 bits per heavy atom. The van der Waals surface area contributed by atoms with Gasteiger partial charge in [-0.2, -0.15) is 8.42 Å². The molecule has 15 heavy (non-hydrogen) atoms. The minimum Gasteiger partial charge on any atom is -0.487 e. The third-order valence-corrected chi connectivity index (χ3v) is 3.07. The molecule has 0 N–H and O–H groups in total. The molecule has 0 radical (unpaired) electrons. The van der Waals surface area contributed by atoms with Crippen LogP contribution in [0.15, 0.2) is 23.1 Å². The second-order valence-electron chi connectivity index (χ2n) is 3.02. The van der Waals surface area contributed by atoms with Crippen LogP contribution in [0.5, 0.6) is 5.75 Å². The van der Waals surface area contributed by atoms with Crippen LogP contribution in [0.25, 0.3) is 6.08 Å². The molecule has 1 aromatic rings. The van der Waals surface area contributed by atoms with E-state index in [1.807, 2.05) is 0 Å². The molecule has 0 unspecified atom stereocenters. The molecule has 80 valence electrons. The number of fused-ring (bicyclic) bond motifs is 1. The Labute approximate surface area is 91.3 Å². The van der Waals surface area contributed by atoms with Crippen LogP contribution in [0.3, 0.4) is 0 Å². The molecule has 1 heterocycles. The molecule has 1 aromatic carbocycles. The number of rotatable bonds is 1. The molecule has 2 rings (SSSR count). The van der Waals surface area contributed by atoms with E-state index in [2.05, 4.69) is 0 Å². The Hall–Kier alpha value is -1.07. The van der Waals surface area contributed by atoms with E-state index in [0.29, 0.717) is 16.3 Å². The van der Waals surface area contributed by atoms with E-state index in [0.717, 1.165) is 0 Å². The van der Waals surface area contributed by atoms with Gasteiger partial charge in [-0.15, -0.1) is 3.89 Å². The standard InChI is InChI=1S/C9H6ClFO3S/c10-7-1-2-9-6(3-7)4-8(5-14-9)15(11,12)13/h1-4H,5H2. The number of halogens is 2. The molecule has 0 bridgehead atoms.